The topological polar surface area (TPSA) is 16.4 Å². The van der Waals surface area contributed by atoms with Crippen molar-refractivity contribution in [1.82, 2.24) is 0 Å². The molecule has 0 fully saturated rings. The Morgan fingerprint density at radius 1 is 0.288 bits per heavy atom. The van der Waals surface area contributed by atoms with Crippen molar-refractivity contribution in [2.75, 3.05) is 4.90 Å². The van der Waals surface area contributed by atoms with E-state index in [9.17, 15) is 0 Å². The molecule has 2 heteroatoms. The van der Waals surface area contributed by atoms with E-state index in [2.05, 4.69) is 193 Å². The number of hydrogen-bond acceptors (Lipinski definition) is 2. The normalized spacial score (nSPS) is 11.5. The van der Waals surface area contributed by atoms with Crippen molar-refractivity contribution in [2.45, 2.75) is 0 Å². The van der Waals surface area contributed by atoms with Crippen LogP contribution in [0.5, 0.6) is 0 Å². The molecule has 0 amide bonds. The van der Waals surface area contributed by atoms with E-state index in [0.717, 1.165) is 50.1 Å². The van der Waals surface area contributed by atoms with Crippen LogP contribution in [-0.4, -0.2) is 0 Å². The second-order valence-corrected chi connectivity index (χ2v) is 13.3. The first-order chi connectivity index (χ1) is 25.8. The number of anilines is 3. The van der Waals surface area contributed by atoms with Gasteiger partial charge in [0.15, 0.2) is 0 Å². The number of rotatable bonds is 6. The molecule has 10 rings (SSSR count). The van der Waals surface area contributed by atoms with Gasteiger partial charge in [0.25, 0.3) is 0 Å². The Labute approximate surface area is 302 Å². The third kappa shape index (κ3) is 5.04. The summed E-state index contributed by atoms with van der Waals surface area (Å²) in [6, 6.07) is 71.8. The van der Waals surface area contributed by atoms with Crippen LogP contribution in [0.15, 0.2) is 205 Å². The summed E-state index contributed by atoms with van der Waals surface area (Å²) < 4.78 is 6.13. The van der Waals surface area contributed by atoms with Gasteiger partial charge in [-0.05, 0) is 86.6 Å². The highest BCUT2D eigenvalue weighted by Gasteiger charge is 2.21. The lowest BCUT2D eigenvalue weighted by atomic mass is 9.94. The molecule has 0 unspecified atom stereocenters. The third-order valence-electron chi connectivity index (χ3n) is 10.3. The van der Waals surface area contributed by atoms with Crippen LogP contribution in [0.25, 0.3) is 76.9 Å². The van der Waals surface area contributed by atoms with Crippen molar-refractivity contribution in [3.05, 3.63) is 200 Å². The maximum Gasteiger partial charge on any atom is 0.135 e. The number of fused-ring (bicyclic) bond motifs is 5. The van der Waals surface area contributed by atoms with E-state index in [1.807, 2.05) is 12.1 Å². The zero-order valence-electron chi connectivity index (χ0n) is 28.4. The zero-order valence-corrected chi connectivity index (χ0v) is 28.4. The van der Waals surface area contributed by atoms with Crippen molar-refractivity contribution >= 4 is 60.5 Å². The lowest BCUT2D eigenvalue weighted by Gasteiger charge is -2.29. The van der Waals surface area contributed by atoms with Crippen LogP contribution in [-0.2, 0) is 0 Å². The molecule has 0 radical (unpaired) electrons. The van der Waals surface area contributed by atoms with E-state index < -0.39 is 0 Å². The summed E-state index contributed by atoms with van der Waals surface area (Å²) in [7, 11) is 0. The van der Waals surface area contributed by atoms with Crippen molar-refractivity contribution in [3.63, 3.8) is 0 Å². The molecule has 0 saturated heterocycles. The van der Waals surface area contributed by atoms with Gasteiger partial charge in [-0.1, -0.05) is 158 Å². The second-order valence-electron chi connectivity index (χ2n) is 13.3. The molecule has 0 saturated carbocycles. The number of furan rings is 1. The van der Waals surface area contributed by atoms with Crippen LogP contribution in [0, 0.1) is 0 Å². The fourth-order valence-corrected chi connectivity index (χ4v) is 7.81. The van der Waals surface area contributed by atoms with Gasteiger partial charge in [-0.15, -0.1) is 0 Å². The maximum atomic E-state index is 6.13. The Hall–Kier alpha value is -6.90. The maximum absolute atomic E-state index is 6.13. The van der Waals surface area contributed by atoms with Gasteiger partial charge in [0.05, 0.1) is 11.4 Å². The molecular weight excluding hydrogens is 631 g/mol. The minimum absolute atomic E-state index is 0.907. The molecule has 0 aliphatic carbocycles. The van der Waals surface area contributed by atoms with Crippen molar-refractivity contribution < 1.29 is 4.42 Å². The van der Waals surface area contributed by atoms with E-state index in [0.29, 0.717) is 0 Å². The summed E-state index contributed by atoms with van der Waals surface area (Å²) in [6.07, 6.45) is 0. The van der Waals surface area contributed by atoms with Crippen LogP contribution >= 0.6 is 0 Å². The smallest absolute Gasteiger partial charge is 0.135 e. The Kier molecular flexibility index (Phi) is 7.18. The highest BCUT2D eigenvalue weighted by molar-refractivity contribution is 6.11. The van der Waals surface area contributed by atoms with Crippen molar-refractivity contribution in [3.8, 4) is 33.4 Å². The van der Waals surface area contributed by atoms with Crippen LogP contribution in [0.2, 0.25) is 0 Å². The van der Waals surface area contributed by atoms with Gasteiger partial charge in [0, 0.05) is 27.2 Å². The molecule has 0 N–H and O–H groups in total. The van der Waals surface area contributed by atoms with Gasteiger partial charge in [-0.2, -0.15) is 0 Å². The molecule has 1 heterocycles. The summed E-state index contributed by atoms with van der Waals surface area (Å²) in [5.74, 6) is 0. The fraction of sp³-hybridized carbons (Fsp3) is 0. The number of para-hydroxylation sites is 1. The standard InChI is InChI=1S/C50H33NO/c1-3-13-35(14-4-1)39-28-30-47(43-19-9-7-17-41(39)43)51(48-31-29-40(36-15-5-2-6-16-36)42-18-8-10-20-44(42)48)38-26-23-34(24-27-38)37-25-32-50-46(33-37)45-21-11-12-22-49(45)52-50/h1-33H. The van der Waals surface area contributed by atoms with E-state index >= 15 is 0 Å². The van der Waals surface area contributed by atoms with Gasteiger partial charge in [0.2, 0.25) is 0 Å². The summed E-state index contributed by atoms with van der Waals surface area (Å²) >= 11 is 0. The van der Waals surface area contributed by atoms with E-state index in [1.54, 1.807) is 0 Å². The van der Waals surface area contributed by atoms with Gasteiger partial charge >= 0.3 is 0 Å². The molecule has 0 spiro atoms. The average molecular weight is 664 g/mol. The van der Waals surface area contributed by atoms with E-state index in [-0.39, 0.29) is 0 Å². The average Bonchev–Trinajstić information content (AvgIpc) is 3.60. The molecule has 1 aromatic heterocycles. The molecule has 0 aliphatic heterocycles. The zero-order chi connectivity index (χ0) is 34.4. The highest BCUT2D eigenvalue weighted by Crippen LogP contribution is 2.46. The van der Waals surface area contributed by atoms with Gasteiger partial charge in [-0.25, -0.2) is 0 Å². The molecule has 9 aromatic carbocycles. The summed E-state index contributed by atoms with van der Waals surface area (Å²) in [6.45, 7) is 0. The Morgan fingerprint density at radius 3 is 1.33 bits per heavy atom. The largest absolute Gasteiger partial charge is 0.456 e. The van der Waals surface area contributed by atoms with Gasteiger partial charge < -0.3 is 9.32 Å². The summed E-state index contributed by atoms with van der Waals surface area (Å²) in [4.78, 5) is 2.44. The van der Waals surface area contributed by atoms with Crippen molar-refractivity contribution in [1.29, 1.82) is 0 Å². The molecular formula is C50H33NO. The fourth-order valence-electron chi connectivity index (χ4n) is 7.81. The predicted molar refractivity (Wildman–Crippen MR) is 220 cm³/mol. The first-order valence-corrected chi connectivity index (χ1v) is 17.8. The first kappa shape index (κ1) is 30.0. The lowest BCUT2D eigenvalue weighted by molar-refractivity contribution is 0.669. The van der Waals surface area contributed by atoms with E-state index in [1.165, 1.54) is 43.8 Å². The number of hydrogen-bond donors (Lipinski definition) is 0. The lowest BCUT2D eigenvalue weighted by Crippen LogP contribution is -2.11. The quantitative estimate of drug-likeness (QED) is 0.176. The second kappa shape index (κ2) is 12.5. The number of nitrogens with zero attached hydrogens (tertiary/aromatic N) is 1. The molecule has 0 aliphatic rings. The highest BCUT2D eigenvalue weighted by atomic mass is 16.3. The molecule has 10 aromatic rings. The van der Waals surface area contributed by atoms with E-state index in [4.69, 9.17) is 4.42 Å². The van der Waals surface area contributed by atoms with Crippen LogP contribution in [0.4, 0.5) is 17.1 Å². The summed E-state index contributed by atoms with van der Waals surface area (Å²) in [5, 5.41) is 7.10. The van der Waals surface area contributed by atoms with Crippen molar-refractivity contribution in [2.24, 2.45) is 0 Å². The first-order valence-electron chi connectivity index (χ1n) is 17.8. The van der Waals surface area contributed by atoms with Gasteiger partial charge in [0.1, 0.15) is 11.2 Å². The van der Waals surface area contributed by atoms with Crippen LogP contribution < -0.4 is 4.90 Å². The Morgan fingerprint density at radius 2 is 0.750 bits per heavy atom. The van der Waals surface area contributed by atoms with Crippen LogP contribution in [0.1, 0.15) is 0 Å². The molecule has 2 nitrogen and oxygen atoms in total. The Bertz CT molecular complexity index is 2770. The minimum atomic E-state index is 0.907. The molecule has 244 valence electrons. The SMILES string of the molecule is c1ccc(-c2ccc(N(c3ccc(-c4ccc5oc6ccccc6c5c4)cc3)c3ccc(-c4ccccc4)c4ccccc34)c3ccccc23)cc1. The molecule has 0 bridgehead atoms. The number of benzene rings is 9. The third-order valence-corrected chi connectivity index (χ3v) is 10.3. The predicted octanol–water partition coefficient (Wildman–Crippen LogP) is 14.4. The molecule has 0 atom stereocenters. The van der Waals surface area contributed by atoms with Crippen LogP contribution in [0.3, 0.4) is 0 Å². The summed E-state index contributed by atoms with van der Waals surface area (Å²) in [5.41, 5.74) is 12.4. The molecule has 52 heavy (non-hydrogen) atoms. The van der Waals surface area contributed by atoms with Gasteiger partial charge in [-0.3, -0.25) is 0 Å². The minimum Gasteiger partial charge on any atom is -0.456 e. The monoisotopic (exact) mass is 663 g/mol. The Balaban J connectivity index is 1.17.